The normalized spacial score (nSPS) is 19.0. The second kappa shape index (κ2) is 5.88. The van der Waals surface area contributed by atoms with E-state index in [-0.39, 0.29) is 23.3 Å². The molecule has 0 bridgehead atoms. The largest absolute Gasteiger partial charge is 0.351 e. The first-order valence-corrected chi connectivity index (χ1v) is 7.51. The fraction of sp³-hybridized carbons (Fsp3) is 0.529. The first-order valence-electron chi connectivity index (χ1n) is 7.51. The molecular weight excluding hydrogens is 264 g/mol. The maximum absolute atomic E-state index is 12.3. The van der Waals surface area contributed by atoms with Crippen LogP contribution in [0.1, 0.15) is 39.2 Å². The molecule has 4 heteroatoms. The lowest BCUT2D eigenvalue weighted by Gasteiger charge is -2.26. The Kier molecular flexibility index (Phi) is 4.35. The van der Waals surface area contributed by atoms with Crippen LogP contribution >= 0.6 is 0 Å². The topological polar surface area (TPSA) is 49.4 Å². The third-order valence-corrected chi connectivity index (χ3v) is 4.15. The summed E-state index contributed by atoms with van der Waals surface area (Å²) in [6.07, 6.45) is 1.15. The third kappa shape index (κ3) is 3.63. The quantitative estimate of drug-likeness (QED) is 0.926. The minimum absolute atomic E-state index is 0.0228. The maximum atomic E-state index is 12.3. The fourth-order valence-corrected chi connectivity index (χ4v) is 2.45. The number of anilines is 1. The van der Waals surface area contributed by atoms with Gasteiger partial charge in [-0.2, -0.15) is 0 Å². The zero-order chi connectivity index (χ0) is 15.6. The van der Waals surface area contributed by atoms with Crippen molar-refractivity contribution in [3.05, 3.63) is 29.8 Å². The molecule has 0 saturated carbocycles. The molecule has 0 unspecified atom stereocenters. The van der Waals surface area contributed by atoms with Gasteiger partial charge < -0.3 is 10.2 Å². The molecule has 1 fully saturated rings. The highest BCUT2D eigenvalue weighted by atomic mass is 16.2. The summed E-state index contributed by atoms with van der Waals surface area (Å²) in [6, 6.07) is 7.83. The molecule has 4 nitrogen and oxygen atoms in total. The van der Waals surface area contributed by atoms with Gasteiger partial charge in [-0.25, -0.2) is 0 Å². The Balaban J connectivity index is 2.08. The first-order chi connectivity index (χ1) is 9.82. The summed E-state index contributed by atoms with van der Waals surface area (Å²) in [6.45, 7) is 8.51. The van der Waals surface area contributed by atoms with Gasteiger partial charge in [-0.05, 0) is 44.9 Å². The van der Waals surface area contributed by atoms with E-state index in [2.05, 4.69) is 5.32 Å². The van der Waals surface area contributed by atoms with Crippen molar-refractivity contribution in [2.24, 2.45) is 5.92 Å². The van der Waals surface area contributed by atoms with Crippen molar-refractivity contribution in [1.82, 2.24) is 5.32 Å². The molecule has 1 N–H and O–H groups in total. The predicted molar refractivity (Wildman–Crippen MR) is 84.2 cm³/mol. The number of aryl methyl sites for hydroxylation is 1. The van der Waals surface area contributed by atoms with Gasteiger partial charge in [0.25, 0.3) is 0 Å². The van der Waals surface area contributed by atoms with Crippen molar-refractivity contribution in [2.45, 2.75) is 46.1 Å². The number of nitrogens with zero attached hydrogens (tertiary/aromatic N) is 1. The number of hydrogen-bond donors (Lipinski definition) is 1. The molecule has 0 spiro atoms. The average Bonchev–Trinajstić information content (AvgIpc) is 2.80. The second-order valence-electron chi connectivity index (χ2n) is 6.47. The van der Waals surface area contributed by atoms with Crippen molar-refractivity contribution in [1.29, 1.82) is 0 Å². The van der Waals surface area contributed by atoms with E-state index >= 15 is 0 Å². The van der Waals surface area contributed by atoms with Gasteiger partial charge in [-0.15, -0.1) is 0 Å². The SMILES string of the molecule is CCC(C)(C)NC(=O)[C@H]1CC(=O)N(c2cccc(C)c2)C1. The number of hydrogen-bond acceptors (Lipinski definition) is 2. The molecular formula is C17H24N2O2. The highest BCUT2D eigenvalue weighted by Crippen LogP contribution is 2.26. The van der Waals surface area contributed by atoms with Crippen molar-refractivity contribution < 1.29 is 9.59 Å². The zero-order valence-corrected chi connectivity index (χ0v) is 13.3. The molecule has 114 valence electrons. The number of carbonyl (C=O) groups is 2. The van der Waals surface area contributed by atoms with Gasteiger partial charge in [0.2, 0.25) is 11.8 Å². The van der Waals surface area contributed by atoms with Crippen LogP contribution in [0.5, 0.6) is 0 Å². The highest BCUT2D eigenvalue weighted by Gasteiger charge is 2.36. The summed E-state index contributed by atoms with van der Waals surface area (Å²) >= 11 is 0. The molecule has 2 rings (SSSR count). The van der Waals surface area contributed by atoms with Gasteiger partial charge >= 0.3 is 0 Å². The van der Waals surface area contributed by atoms with Gasteiger partial charge in [0.05, 0.1) is 5.92 Å². The Hall–Kier alpha value is -1.84. The van der Waals surface area contributed by atoms with E-state index in [9.17, 15) is 9.59 Å². The van der Waals surface area contributed by atoms with Gasteiger partial charge in [0.15, 0.2) is 0 Å². The Labute approximate surface area is 126 Å². The number of carbonyl (C=O) groups excluding carboxylic acids is 2. The van der Waals surface area contributed by atoms with Gasteiger partial charge in [0, 0.05) is 24.2 Å². The van der Waals surface area contributed by atoms with Gasteiger partial charge in [-0.1, -0.05) is 19.1 Å². The second-order valence-corrected chi connectivity index (χ2v) is 6.47. The number of benzene rings is 1. The van der Waals surface area contributed by atoms with E-state index in [0.717, 1.165) is 17.7 Å². The van der Waals surface area contributed by atoms with Crippen LogP contribution in [0.15, 0.2) is 24.3 Å². The fourth-order valence-electron chi connectivity index (χ4n) is 2.45. The van der Waals surface area contributed by atoms with E-state index in [0.29, 0.717) is 13.0 Å². The number of amides is 2. The van der Waals surface area contributed by atoms with Crippen LogP contribution in [-0.2, 0) is 9.59 Å². The minimum atomic E-state index is -0.260. The molecule has 1 heterocycles. The van der Waals surface area contributed by atoms with Gasteiger partial charge in [-0.3, -0.25) is 9.59 Å². The van der Waals surface area contributed by atoms with Crippen LogP contribution in [0, 0.1) is 12.8 Å². The van der Waals surface area contributed by atoms with Crippen molar-refractivity contribution in [3.63, 3.8) is 0 Å². The summed E-state index contributed by atoms with van der Waals surface area (Å²) in [5.41, 5.74) is 1.77. The smallest absolute Gasteiger partial charge is 0.227 e. The first kappa shape index (κ1) is 15.5. The van der Waals surface area contributed by atoms with E-state index in [4.69, 9.17) is 0 Å². The maximum Gasteiger partial charge on any atom is 0.227 e. The molecule has 2 amide bonds. The Morgan fingerprint density at radius 1 is 1.43 bits per heavy atom. The lowest BCUT2D eigenvalue weighted by atomic mass is 9.99. The van der Waals surface area contributed by atoms with Gasteiger partial charge in [0.1, 0.15) is 0 Å². The monoisotopic (exact) mass is 288 g/mol. The summed E-state index contributed by atoms with van der Waals surface area (Å²) < 4.78 is 0. The zero-order valence-electron chi connectivity index (χ0n) is 13.3. The lowest BCUT2D eigenvalue weighted by molar-refractivity contribution is -0.127. The van der Waals surface area contributed by atoms with Crippen LogP contribution in [0.2, 0.25) is 0 Å². The van der Waals surface area contributed by atoms with Crippen LogP contribution < -0.4 is 10.2 Å². The molecule has 1 atom stereocenters. The molecule has 1 aliphatic heterocycles. The molecule has 1 saturated heterocycles. The molecule has 1 aliphatic rings. The molecule has 21 heavy (non-hydrogen) atoms. The summed E-state index contributed by atoms with van der Waals surface area (Å²) in [5, 5.41) is 3.03. The van der Waals surface area contributed by atoms with Crippen molar-refractivity contribution >= 4 is 17.5 Å². The summed E-state index contributed by atoms with van der Waals surface area (Å²) in [4.78, 5) is 26.2. The summed E-state index contributed by atoms with van der Waals surface area (Å²) in [5.74, 6) is -0.260. The van der Waals surface area contributed by atoms with E-state index in [1.54, 1.807) is 4.90 Å². The predicted octanol–water partition coefficient (Wildman–Crippen LogP) is 2.65. The molecule has 1 aromatic rings. The highest BCUT2D eigenvalue weighted by molar-refractivity contribution is 6.00. The standard InChI is InChI=1S/C17H24N2O2/c1-5-17(3,4)18-16(21)13-10-15(20)19(11-13)14-8-6-7-12(2)9-14/h6-9,13H,5,10-11H2,1-4H3,(H,18,21)/t13-/m0/s1. The minimum Gasteiger partial charge on any atom is -0.351 e. The Morgan fingerprint density at radius 2 is 2.14 bits per heavy atom. The molecule has 0 radical (unpaired) electrons. The van der Waals surface area contributed by atoms with Crippen LogP contribution in [0.3, 0.4) is 0 Å². The number of rotatable bonds is 4. The average molecular weight is 288 g/mol. The van der Waals surface area contributed by atoms with Crippen LogP contribution in [0.4, 0.5) is 5.69 Å². The molecule has 1 aromatic carbocycles. The van der Waals surface area contributed by atoms with E-state index in [1.165, 1.54) is 0 Å². The van der Waals surface area contributed by atoms with E-state index in [1.807, 2.05) is 52.0 Å². The van der Waals surface area contributed by atoms with Crippen LogP contribution in [-0.4, -0.2) is 23.9 Å². The van der Waals surface area contributed by atoms with Crippen LogP contribution in [0.25, 0.3) is 0 Å². The Morgan fingerprint density at radius 3 is 2.76 bits per heavy atom. The Bertz CT molecular complexity index is 551. The third-order valence-electron chi connectivity index (χ3n) is 4.15. The number of nitrogens with one attached hydrogen (secondary N) is 1. The molecule has 0 aromatic heterocycles. The summed E-state index contributed by atoms with van der Waals surface area (Å²) in [7, 11) is 0. The van der Waals surface area contributed by atoms with E-state index < -0.39 is 0 Å². The molecule has 0 aliphatic carbocycles. The van der Waals surface area contributed by atoms with Crippen molar-refractivity contribution in [2.75, 3.05) is 11.4 Å². The lowest BCUT2D eigenvalue weighted by Crippen LogP contribution is -2.46. The van der Waals surface area contributed by atoms with Crippen molar-refractivity contribution in [3.8, 4) is 0 Å².